The van der Waals surface area contributed by atoms with Crippen LogP contribution in [-0.2, 0) is 16.0 Å². The van der Waals surface area contributed by atoms with E-state index >= 15 is 0 Å². The Morgan fingerprint density at radius 1 is 1.22 bits per heavy atom. The number of nitrogens with zero attached hydrogens (tertiary/aromatic N) is 1. The fourth-order valence-corrected chi connectivity index (χ4v) is 2.94. The standard InChI is InChI=1S/C17H24ClN3O2/c1-19-17(23)14-7-10-21(11-8-14)12-16(22)20-9-6-13-2-4-15(18)5-3-13/h2-5,14H,6-12H2,1H3,(H,19,23)(H,20,22). The summed E-state index contributed by atoms with van der Waals surface area (Å²) in [5, 5.41) is 6.36. The van der Waals surface area contributed by atoms with E-state index in [1.54, 1.807) is 7.05 Å². The lowest BCUT2D eigenvalue weighted by molar-refractivity contribution is -0.126. The molecular formula is C17H24ClN3O2. The van der Waals surface area contributed by atoms with Crippen molar-refractivity contribution in [3.63, 3.8) is 0 Å². The number of hydrogen-bond donors (Lipinski definition) is 2. The molecule has 1 aliphatic rings. The van der Waals surface area contributed by atoms with Gasteiger partial charge in [-0.2, -0.15) is 0 Å². The molecule has 6 heteroatoms. The number of carbonyl (C=O) groups excluding carboxylic acids is 2. The molecule has 23 heavy (non-hydrogen) atoms. The predicted molar refractivity (Wildman–Crippen MR) is 91.4 cm³/mol. The van der Waals surface area contributed by atoms with E-state index in [9.17, 15) is 9.59 Å². The van der Waals surface area contributed by atoms with E-state index in [1.165, 1.54) is 0 Å². The molecule has 1 aromatic rings. The maximum atomic E-state index is 12.0. The van der Waals surface area contributed by atoms with Gasteiger partial charge in [-0.3, -0.25) is 14.5 Å². The highest BCUT2D eigenvalue weighted by molar-refractivity contribution is 6.30. The number of benzene rings is 1. The zero-order chi connectivity index (χ0) is 16.7. The average Bonchev–Trinajstić information content (AvgIpc) is 2.56. The first-order valence-electron chi connectivity index (χ1n) is 8.03. The lowest BCUT2D eigenvalue weighted by atomic mass is 9.96. The van der Waals surface area contributed by atoms with Crippen molar-refractivity contribution in [1.82, 2.24) is 15.5 Å². The van der Waals surface area contributed by atoms with E-state index in [0.29, 0.717) is 13.1 Å². The SMILES string of the molecule is CNC(=O)C1CCN(CC(=O)NCCc2ccc(Cl)cc2)CC1. The first-order chi connectivity index (χ1) is 11.1. The normalized spacial score (nSPS) is 16.1. The van der Waals surface area contributed by atoms with Crippen LogP contribution in [0.4, 0.5) is 0 Å². The van der Waals surface area contributed by atoms with Crippen LogP contribution in [0.15, 0.2) is 24.3 Å². The monoisotopic (exact) mass is 337 g/mol. The highest BCUT2D eigenvalue weighted by atomic mass is 35.5. The molecule has 5 nitrogen and oxygen atoms in total. The molecule has 0 aromatic heterocycles. The largest absolute Gasteiger partial charge is 0.359 e. The summed E-state index contributed by atoms with van der Waals surface area (Å²) in [5.74, 6) is 0.235. The van der Waals surface area contributed by atoms with Gasteiger partial charge in [-0.25, -0.2) is 0 Å². The van der Waals surface area contributed by atoms with Gasteiger partial charge in [0, 0.05) is 24.5 Å². The Hall–Kier alpha value is -1.59. The molecule has 1 fully saturated rings. The van der Waals surface area contributed by atoms with Crippen molar-refractivity contribution < 1.29 is 9.59 Å². The smallest absolute Gasteiger partial charge is 0.234 e. The lowest BCUT2D eigenvalue weighted by Crippen LogP contribution is -2.44. The molecule has 0 aliphatic carbocycles. The van der Waals surface area contributed by atoms with Gasteiger partial charge in [-0.1, -0.05) is 23.7 Å². The molecule has 126 valence electrons. The fraction of sp³-hybridized carbons (Fsp3) is 0.529. The Labute approximate surface area is 142 Å². The van der Waals surface area contributed by atoms with Gasteiger partial charge in [-0.15, -0.1) is 0 Å². The first-order valence-corrected chi connectivity index (χ1v) is 8.41. The van der Waals surface area contributed by atoms with Gasteiger partial charge in [0.2, 0.25) is 11.8 Å². The Morgan fingerprint density at radius 2 is 1.87 bits per heavy atom. The molecule has 0 saturated carbocycles. The average molecular weight is 338 g/mol. The van der Waals surface area contributed by atoms with Gasteiger partial charge in [0.25, 0.3) is 0 Å². The van der Waals surface area contributed by atoms with Gasteiger partial charge < -0.3 is 10.6 Å². The summed E-state index contributed by atoms with van der Waals surface area (Å²) < 4.78 is 0. The third-order valence-corrected chi connectivity index (χ3v) is 4.47. The van der Waals surface area contributed by atoms with Crippen LogP contribution < -0.4 is 10.6 Å². The molecule has 0 radical (unpaired) electrons. The lowest BCUT2D eigenvalue weighted by Gasteiger charge is -2.30. The van der Waals surface area contributed by atoms with Gasteiger partial charge in [0.15, 0.2) is 0 Å². The number of rotatable bonds is 6. The molecule has 2 rings (SSSR count). The van der Waals surface area contributed by atoms with Crippen LogP contribution in [0, 0.1) is 5.92 Å². The number of piperidine rings is 1. The highest BCUT2D eigenvalue weighted by Crippen LogP contribution is 2.16. The molecule has 0 unspecified atom stereocenters. The number of halogens is 1. The van der Waals surface area contributed by atoms with Crippen molar-refractivity contribution in [3.8, 4) is 0 Å². The summed E-state index contributed by atoms with van der Waals surface area (Å²) in [6, 6.07) is 7.65. The Bertz CT molecular complexity index is 525. The van der Waals surface area contributed by atoms with Crippen LogP contribution in [-0.4, -0.2) is 49.9 Å². The molecule has 2 amide bonds. The van der Waals surface area contributed by atoms with E-state index in [-0.39, 0.29) is 17.7 Å². The third kappa shape index (κ3) is 5.84. The first kappa shape index (κ1) is 17.8. The summed E-state index contributed by atoms with van der Waals surface area (Å²) in [5.41, 5.74) is 1.15. The van der Waals surface area contributed by atoms with E-state index in [1.807, 2.05) is 24.3 Å². The number of likely N-dealkylation sites (tertiary alicyclic amines) is 1. The minimum absolute atomic E-state index is 0.0392. The summed E-state index contributed by atoms with van der Waals surface area (Å²) in [6.45, 7) is 2.61. The number of carbonyl (C=O) groups is 2. The number of nitrogens with one attached hydrogen (secondary N) is 2. The Balaban J connectivity index is 1.64. The second-order valence-corrected chi connectivity index (χ2v) is 6.33. The van der Waals surface area contributed by atoms with Crippen molar-refractivity contribution in [2.45, 2.75) is 19.3 Å². The topological polar surface area (TPSA) is 61.4 Å². The van der Waals surface area contributed by atoms with Crippen LogP contribution in [0.3, 0.4) is 0 Å². The minimum atomic E-state index is 0.0392. The van der Waals surface area contributed by atoms with Crippen LogP contribution in [0.1, 0.15) is 18.4 Å². The minimum Gasteiger partial charge on any atom is -0.359 e. The zero-order valence-corrected chi connectivity index (χ0v) is 14.2. The van der Waals surface area contributed by atoms with E-state index in [4.69, 9.17) is 11.6 Å². The number of amides is 2. The van der Waals surface area contributed by atoms with Gasteiger partial charge in [0.1, 0.15) is 0 Å². The van der Waals surface area contributed by atoms with Crippen LogP contribution in [0.25, 0.3) is 0 Å². The van der Waals surface area contributed by atoms with Crippen molar-refractivity contribution in [3.05, 3.63) is 34.9 Å². The van der Waals surface area contributed by atoms with Gasteiger partial charge >= 0.3 is 0 Å². The molecule has 2 N–H and O–H groups in total. The Kier molecular flexibility index (Phi) is 6.86. The quantitative estimate of drug-likeness (QED) is 0.826. The second kappa shape index (κ2) is 8.89. The molecule has 1 aromatic carbocycles. The summed E-state index contributed by atoms with van der Waals surface area (Å²) in [6.07, 6.45) is 2.43. The molecular weight excluding hydrogens is 314 g/mol. The molecule has 1 aliphatic heterocycles. The van der Waals surface area contributed by atoms with Crippen molar-refractivity contribution in [2.75, 3.05) is 33.2 Å². The predicted octanol–water partition coefficient (Wildman–Crippen LogP) is 1.46. The maximum Gasteiger partial charge on any atom is 0.234 e. The number of hydrogen-bond acceptors (Lipinski definition) is 3. The van der Waals surface area contributed by atoms with E-state index in [2.05, 4.69) is 15.5 Å². The summed E-state index contributed by atoms with van der Waals surface area (Å²) in [4.78, 5) is 25.7. The molecule has 1 saturated heterocycles. The van der Waals surface area contributed by atoms with Crippen LogP contribution >= 0.6 is 11.6 Å². The van der Waals surface area contributed by atoms with Crippen molar-refractivity contribution in [2.24, 2.45) is 5.92 Å². The molecule has 0 bridgehead atoms. The summed E-state index contributed by atoms with van der Waals surface area (Å²) >= 11 is 5.84. The Morgan fingerprint density at radius 3 is 2.48 bits per heavy atom. The fourth-order valence-electron chi connectivity index (χ4n) is 2.81. The van der Waals surface area contributed by atoms with Gasteiger partial charge in [-0.05, 0) is 50.0 Å². The van der Waals surface area contributed by atoms with Gasteiger partial charge in [0.05, 0.1) is 6.54 Å². The van der Waals surface area contributed by atoms with E-state index < -0.39 is 0 Å². The molecule has 1 heterocycles. The highest BCUT2D eigenvalue weighted by Gasteiger charge is 2.24. The van der Waals surface area contributed by atoms with Crippen LogP contribution in [0.2, 0.25) is 5.02 Å². The summed E-state index contributed by atoms with van der Waals surface area (Å²) in [7, 11) is 1.67. The third-order valence-electron chi connectivity index (χ3n) is 4.22. The second-order valence-electron chi connectivity index (χ2n) is 5.89. The van der Waals surface area contributed by atoms with Crippen molar-refractivity contribution >= 4 is 23.4 Å². The molecule has 0 atom stereocenters. The zero-order valence-electron chi connectivity index (χ0n) is 13.5. The van der Waals surface area contributed by atoms with Crippen LogP contribution in [0.5, 0.6) is 0 Å². The van der Waals surface area contributed by atoms with Crippen molar-refractivity contribution in [1.29, 1.82) is 0 Å². The molecule has 0 spiro atoms. The van der Waals surface area contributed by atoms with E-state index in [0.717, 1.165) is 42.9 Å². The maximum absolute atomic E-state index is 12.0.